The monoisotopic (exact) mass is 292 g/mol. The molecule has 114 valence electrons. The van der Waals surface area contributed by atoms with E-state index < -0.39 is 0 Å². The van der Waals surface area contributed by atoms with Gasteiger partial charge < -0.3 is 19.6 Å². The number of amides is 1. The second kappa shape index (κ2) is 7.58. The van der Waals surface area contributed by atoms with Gasteiger partial charge in [0.2, 0.25) is 17.6 Å². The Morgan fingerprint density at radius 3 is 3.05 bits per heavy atom. The number of hydrogen-bond donors (Lipinski definition) is 2. The Labute approximate surface area is 123 Å². The Bertz CT molecular complexity index is 550. The average molecular weight is 292 g/mol. The van der Waals surface area contributed by atoms with Gasteiger partial charge in [-0.25, -0.2) is 0 Å². The Hall–Kier alpha value is -2.15. The highest BCUT2D eigenvalue weighted by atomic mass is 16.5. The molecule has 0 saturated carbocycles. The van der Waals surface area contributed by atoms with Crippen LogP contribution in [-0.4, -0.2) is 35.2 Å². The molecule has 0 aliphatic heterocycles. The van der Waals surface area contributed by atoms with Crippen molar-refractivity contribution in [2.24, 2.45) is 0 Å². The molecule has 2 heterocycles. The molecule has 0 saturated heterocycles. The number of rotatable bonds is 8. The standard InChI is InChI=1S/C14H20N4O3/c1-3-15-10(2)8-16-12(19)4-5-13-17-14(18-21-13)11-6-7-20-9-11/h6-7,9-10,15H,3-5,8H2,1-2H3,(H,16,19)/t10-/m1/s1. The summed E-state index contributed by atoms with van der Waals surface area (Å²) in [6.07, 6.45) is 3.84. The first-order valence-electron chi connectivity index (χ1n) is 7.04. The third-order valence-corrected chi connectivity index (χ3v) is 2.97. The number of nitrogens with one attached hydrogen (secondary N) is 2. The molecule has 2 rings (SSSR count). The van der Waals surface area contributed by atoms with E-state index >= 15 is 0 Å². The van der Waals surface area contributed by atoms with Crippen molar-refractivity contribution < 1.29 is 13.7 Å². The van der Waals surface area contributed by atoms with Crippen LogP contribution in [0.3, 0.4) is 0 Å². The Morgan fingerprint density at radius 2 is 2.33 bits per heavy atom. The zero-order valence-corrected chi connectivity index (χ0v) is 12.3. The number of carbonyl (C=O) groups is 1. The van der Waals surface area contributed by atoms with Crippen LogP contribution in [0.2, 0.25) is 0 Å². The van der Waals surface area contributed by atoms with Crippen LogP contribution in [0, 0.1) is 0 Å². The molecule has 0 aliphatic carbocycles. The number of furan rings is 1. The van der Waals surface area contributed by atoms with E-state index in [4.69, 9.17) is 8.94 Å². The molecule has 0 aromatic carbocycles. The lowest BCUT2D eigenvalue weighted by atomic mass is 10.2. The Kier molecular flexibility index (Phi) is 5.51. The fraction of sp³-hybridized carbons (Fsp3) is 0.500. The van der Waals surface area contributed by atoms with Gasteiger partial charge in [0.25, 0.3) is 0 Å². The number of aryl methyl sites for hydroxylation is 1. The fourth-order valence-corrected chi connectivity index (χ4v) is 1.86. The van der Waals surface area contributed by atoms with Crippen molar-refractivity contribution in [1.29, 1.82) is 0 Å². The van der Waals surface area contributed by atoms with E-state index in [9.17, 15) is 4.79 Å². The highest BCUT2D eigenvalue weighted by molar-refractivity contribution is 5.76. The summed E-state index contributed by atoms with van der Waals surface area (Å²) in [5.41, 5.74) is 0.758. The van der Waals surface area contributed by atoms with Crippen LogP contribution in [-0.2, 0) is 11.2 Å². The van der Waals surface area contributed by atoms with Crippen molar-refractivity contribution in [3.8, 4) is 11.4 Å². The molecule has 0 spiro atoms. The zero-order valence-electron chi connectivity index (χ0n) is 12.3. The topological polar surface area (TPSA) is 93.2 Å². The summed E-state index contributed by atoms with van der Waals surface area (Å²) in [6, 6.07) is 2.01. The van der Waals surface area contributed by atoms with Crippen LogP contribution in [0.15, 0.2) is 27.5 Å². The summed E-state index contributed by atoms with van der Waals surface area (Å²) in [7, 11) is 0. The van der Waals surface area contributed by atoms with Crippen LogP contribution in [0.5, 0.6) is 0 Å². The van der Waals surface area contributed by atoms with Gasteiger partial charge in [-0.1, -0.05) is 12.1 Å². The molecule has 0 fully saturated rings. The predicted molar refractivity (Wildman–Crippen MR) is 76.5 cm³/mol. The predicted octanol–water partition coefficient (Wildman–Crippen LogP) is 1.38. The highest BCUT2D eigenvalue weighted by Crippen LogP contribution is 2.16. The maximum atomic E-state index is 11.7. The van der Waals surface area contributed by atoms with Crippen LogP contribution >= 0.6 is 0 Å². The molecule has 7 nitrogen and oxygen atoms in total. The summed E-state index contributed by atoms with van der Waals surface area (Å²) in [4.78, 5) is 15.9. The number of likely N-dealkylation sites (N-methyl/N-ethyl adjacent to an activating group) is 1. The maximum absolute atomic E-state index is 11.7. The van der Waals surface area contributed by atoms with Crippen molar-refractivity contribution in [3.63, 3.8) is 0 Å². The molecule has 1 amide bonds. The van der Waals surface area contributed by atoms with Gasteiger partial charge >= 0.3 is 0 Å². The molecule has 0 radical (unpaired) electrons. The third-order valence-electron chi connectivity index (χ3n) is 2.97. The first-order valence-corrected chi connectivity index (χ1v) is 7.04. The van der Waals surface area contributed by atoms with E-state index in [1.165, 1.54) is 0 Å². The minimum Gasteiger partial charge on any atom is -0.472 e. The molecule has 1 atom stereocenters. The lowest BCUT2D eigenvalue weighted by molar-refractivity contribution is -0.121. The van der Waals surface area contributed by atoms with E-state index in [1.54, 1.807) is 18.6 Å². The Morgan fingerprint density at radius 1 is 1.48 bits per heavy atom. The molecule has 21 heavy (non-hydrogen) atoms. The maximum Gasteiger partial charge on any atom is 0.227 e. The van der Waals surface area contributed by atoms with Crippen molar-refractivity contribution in [1.82, 2.24) is 20.8 Å². The molecular weight excluding hydrogens is 272 g/mol. The fourth-order valence-electron chi connectivity index (χ4n) is 1.86. The highest BCUT2D eigenvalue weighted by Gasteiger charge is 2.11. The summed E-state index contributed by atoms with van der Waals surface area (Å²) < 4.78 is 10.1. The van der Waals surface area contributed by atoms with Crippen LogP contribution < -0.4 is 10.6 Å². The van der Waals surface area contributed by atoms with Gasteiger partial charge in [0.05, 0.1) is 11.8 Å². The quantitative estimate of drug-likeness (QED) is 0.763. The van der Waals surface area contributed by atoms with Crippen molar-refractivity contribution in [3.05, 3.63) is 24.5 Å². The minimum absolute atomic E-state index is 0.0252. The van der Waals surface area contributed by atoms with Gasteiger partial charge in [-0.15, -0.1) is 0 Å². The summed E-state index contributed by atoms with van der Waals surface area (Å²) in [5.74, 6) is 0.892. The van der Waals surface area contributed by atoms with Crippen molar-refractivity contribution in [2.45, 2.75) is 32.7 Å². The van der Waals surface area contributed by atoms with Gasteiger partial charge in [0.15, 0.2) is 0 Å². The van der Waals surface area contributed by atoms with Crippen LogP contribution in [0.25, 0.3) is 11.4 Å². The molecule has 0 bridgehead atoms. The first kappa shape index (κ1) is 15.2. The molecule has 0 aliphatic rings. The SMILES string of the molecule is CCN[C@H](C)CNC(=O)CCc1nc(-c2ccoc2)no1. The second-order valence-electron chi connectivity index (χ2n) is 4.79. The lowest BCUT2D eigenvalue weighted by Crippen LogP contribution is -2.38. The van der Waals surface area contributed by atoms with Gasteiger partial charge in [-0.3, -0.25) is 4.79 Å². The zero-order chi connectivity index (χ0) is 15.1. The van der Waals surface area contributed by atoms with Crippen molar-refractivity contribution >= 4 is 5.91 Å². The number of hydrogen-bond acceptors (Lipinski definition) is 6. The van der Waals surface area contributed by atoms with E-state index in [2.05, 4.69) is 20.8 Å². The number of carbonyl (C=O) groups excluding carboxylic acids is 1. The number of aromatic nitrogens is 2. The Balaban J connectivity index is 1.74. The summed E-state index contributed by atoms with van der Waals surface area (Å²) in [6.45, 7) is 5.55. The minimum atomic E-state index is -0.0252. The summed E-state index contributed by atoms with van der Waals surface area (Å²) in [5, 5.41) is 9.94. The third kappa shape index (κ3) is 4.71. The summed E-state index contributed by atoms with van der Waals surface area (Å²) >= 11 is 0. The van der Waals surface area contributed by atoms with Gasteiger partial charge in [0, 0.05) is 25.4 Å². The molecule has 7 heteroatoms. The average Bonchev–Trinajstić information content (AvgIpc) is 3.13. The molecule has 2 N–H and O–H groups in total. The van der Waals surface area contributed by atoms with Crippen molar-refractivity contribution in [2.75, 3.05) is 13.1 Å². The molecule has 2 aromatic heterocycles. The second-order valence-corrected chi connectivity index (χ2v) is 4.79. The largest absolute Gasteiger partial charge is 0.472 e. The smallest absolute Gasteiger partial charge is 0.227 e. The first-order chi connectivity index (χ1) is 10.2. The van der Waals surface area contributed by atoms with Gasteiger partial charge in [0.1, 0.15) is 6.26 Å². The molecule has 0 unspecified atom stereocenters. The molecule has 2 aromatic rings. The van der Waals surface area contributed by atoms with Gasteiger partial charge in [-0.2, -0.15) is 4.98 Å². The lowest BCUT2D eigenvalue weighted by Gasteiger charge is -2.12. The van der Waals surface area contributed by atoms with Crippen LogP contribution in [0.4, 0.5) is 0 Å². The van der Waals surface area contributed by atoms with E-state index in [-0.39, 0.29) is 11.9 Å². The van der Waals surface area contributed by atoms with E-state index in [0.717, 1.165) is 12.1 Å². The van der Waals surface area contributed by atoms with Gasteiger partial charge in [-0.05, 0) is 19.5 Å². The van der Waals surface area contributed by atoms with Crippen LogP contribution in [0.1, 0.15) is 26.2 Å². The number of nitrogens with zero attached hydrogens (tertiary/aromatic N) is 2. The van der Waals surface area contributed by atoms with E-state index in [1.807, 2.05) is 13.8 Å². The normalized spacial score (nSPS) is 12.3. The van der Waals surface area contributed by atoms with E-state index in [0.29, 0.717) is 31.1 Å². The molecular formula is C14H20N4O3.